The van der Waals surface area contributed by atoms with Gasteiger partial charge in [-0.2, -0.15) is 0 Å². The van der Waals surface area contributed by atoms with Gasteiger partial charge in [-0.1, -0.05) is 64.5 Å². The van der Waals surface area contributed by atoms with Crippen LogP contribution < -0.4 is 0 Å². The van der Waals surface area contributed by atoms with Gasteiger partial charge in [-0.15, -0.1) is 0 Å². The van der Waals surface area contributed by atoms with Crippen LogP contribution >= 0.6 is 28.1 Å². The molecular formula is C16H13BrOS. The molecule has 0 saturated carbocycles. The molecule has 0 saturated heterocycles. The van der Waals surface area contributed by atoms with E-state index in [9.17, 15) is 4.79 Å². The van der Waals surface area contributed by atoms with Crippen molar-refractivity contribution in [1.29, 1.82) is 0 Å². The zero-order valence-electron chi connectivity index (χ0n) is 10.3. The van der Waals surface area contributed by atoms with Crippen LogP contribution in [0.15, 0.2) is 53.0 Å². The number of benzene rings is 2. The Bertz CT molecular complexity index is 607. The number of hydrogen-bond donors (Lipinski definition) is 0. The summed E-state index contributed by atoms with van der Waals surface area (Å²) < 4.78 is 0.928. The fourth-order valence-corrected chi connectivity index (χ4v) is 2.56. The summed E-state index contributed by atoms with van der Waals surface area (Å²) >= 11 is 8.36. The van der Waals surface area contributed by atoms with Gasteiger partial charge in [0.2, 0.25) is 0 Å². The fourth-order valence-electron chi connectivity index (χ4n) is 1.93. The summed E-state index contributed by atoms with van der Waals surface area (Å²) in [5.41, 5.74) is 2.90. The lowest BCUT2D eigenvalue weighted by Gasteiger charge is -2.05. The molecule has 0 radical (unpaired) electrons. The Labute approximate surface area is 126 Å². The number of thiocarbonyl (C=S) groups is 1. The predicted molar refractivity (Wildman–Crippen MR) is 86.0 cm³/mol. The molecule has 0 fully saturated rings. The number of aryl methyl sites for hydroxylation is 1. The minimum absolute atomic E-state index is 0.153. The second-order valence-corrected chi connectivity index (χ2v) is 5.40. The number of halogens is 1. The summed E-state index contributed by atoms with van der Waals surface area (Å²) in [5, 5.41) is 1.67. The monoisotopic (exact) mass is 332 g/mol. The molecule has 96 valence electrons. The van der Waals surface area contributed by atoms with Crippen molar-refractivity contribution in [2.75, 3.05) is 0 Å². The van der Waals surface area contributed by atoms with Crippen molar-refractivity contribution in [3.8, 4) is 0 Å². The molecule has 3 heteroatoms. The number of hydrogen-bond acceptors (Lipinski definition) is 2. The number of Topliss-reactive ketones (excluding diaryl/α,β-unsaturated/α-hetero) is 1. The molecule has 0 aliphatic heterocycles. The lowest BCUT2D eigenvalue weighted by atomic mass is 10.00. The molecule has 0 amide bonds. The van der Waals surface area contributed by atoms with Crippen molar-refractivity contribution in [3.05, 3.63) is 69.7 Å². The van der Waals surface area contributed by atoms with Crippen molar-refractivity contribution in [1.82, 2.24) is 0 Å². The van der Waals surface area contributed by atoms with Gasteiger partial charge >= 0.3 is 0 Å². The van der Waals surface area contributed by atoms with Gasteiger partial charge in [0.1, 0.15) is 0 Å². The van der Waals surface area contributed by atoms with E-state index in [0.717, 1.165) is 21.2 Å². The predicted octanol–water partition coefficient (Wildman–Crippen LogP) is 4.61. The summed E-state index contributed by atoms with van der Waals surface area (Å²) in [4.78, 5) is 12.1. The lowest BCUT2D eigenvalue weighted by Crippen LogP contribution is -2.02. The maximum atomic E-state index is 12.1. The first-order chi connectivity index (χ1) is 9.20. The van der Waals surface area contributed by atoms with Gasteiger partial charge < -0.3 is 0 Å². The molecule has 0 unspecified atom stereocenters. The van der Waals surface area contributed by atoms with E-state index in [0.29, 0.717) is 12.8 Å². The Morgan fingerprint density at radius 3 is 2.68 bits per heavy atom. The van der Waals surface area contributed by atoms with Gasteiger partial charge in [-0.05, 0) is 29.7 Å². The third-order valence-electron chi connectivity index (χ3n) is 2.95. The Kier molecular flexibility index (Phi) is 5.00. The first kappa shape index (κ1) is 14.1. The average molecular weight is 333 g/mol. The molecule has 0 heterocycles. The van der Waals surface area contributed by atoms with Crippen LogP contribution in [0.4, 0.5) is 0 Å². The van der Waals surface area contributed by atoms with Crippen molar-refractivity contribution in [2.24, 2.45) is 0 Å². The molecule has 0 spiro atoms. The van der Waals surface area contributed by atoms with Crippen LogP contribution in [-0.4, -0.2) is 11.2 Å². The van der Waals surface area contributed by atoms with Crippen molar-refractivity contribution in [2.45, 2.75) is 12.8 Å². The van der Waals surface area contributed by atoms with Crippen LogP contribution in [0.3, 0.4) is 0 Å². The minimum Gasteiger partial charge on any atom is -0.294 e. The normalized spacial score (nSPS) is 10.2. The maximum Gasteiger partial charge on any atom is 0.163 e. The molecule has 1 nitrogen and oxygen atoms in total. The molecule has 0 atom stereocenters. The molecule has 2 aromatic rings. The third kappa shape index (κ3) is 3.82. The van der Waals surface area contributed by atoms with Gasteiger partial charge in [-0.25, -0.2) is 0 Å². The van der Waals surface area contributed by atoms with Crippen LogP contribution in [0.25, 0.3) is 0 Å². The second kappa shape index (κ2) is 6.73. The molecule has 0 aliphatic carbocycles. The highest BCUT2D eigenvalue weighted by atomic mass is 79.9. The van der Waals surface area contributed by atoms with Gasteiger partial charge in [0.25, 0.3) is 0 Å². The summed E-state index contributed by atoms with van der Waals surface area (Å²) in [6.45, 7) is 0. The van der Waals surface area contributed by atoms with E-state index in [4.69, 9.17) is 12.2 Å². The van der Waals surface area contributed by atoms with E-state index in [1.54, 1.807) is 5.37 Å². The smallest absolute Gasteiger partial charge is 0.163 e. The first-order valence-electron chi connectivity index (χ1n) is 6.02. The van der Waals surface area contributed by atoms with E-state index >= 15 is 0 Å². The largest absolute Gasteiger partial charge is 0.294 e. The van der Waals surface area contributed by atoms with Crippen molar-refractivity contribution < 1.29 is 4.79 Å². The Morgan fingerprint density at radius 2 is 1.95 bits per heavy atom. The Hall–Kier alpha value is -1.32. The minimum atomic E-state index is 0.153. The van der Waals surface area contributed by atoms with E-state index in [2.05, 4.69) is 15.9 Å². The Morgan fingerprint density at radius 1 is 1.16 bits per heavy atom. The summed E-state index contributed by atoms with van der Waals surface area (Å²) in [7, 11) is 0. The van der Waals surface area contributed by atoms with Crippen LogP contribution in [0.5, 0.6) is 0 Å². The molecule has 2 aromatic carbocycles. The fraction of sp³-hybridized carbons (Fsp3) is 0.125. The highest BCUT2D eigenvalue weighted by Gasteiger charge is 2.07. The molecule has 0 aromatic heterocycles. The number of carbonyl (C=O) groups excluding carboxylic acids is 1. The van der Waals surface area contributed by atoms with Crippen LogP contribution in [-0.2, 0) is 6.42 Å². The van der Waals surface area contributed by atoms with E-state index in [-0.39, 0.29) is 5.78 Å². The zero-order valence-corrected chi connectivity index (χ0v) is 12.7. The highest BCUT2D eigenvalue weighted by Crippen LogP contribution is 2.15. The molecule has 0 N–H and O–H groups in total. The van der Waals surface area contributed by atoms with Gasteiger partial charge in [0.05, 0.1) is 0 Å². The maximum absolute atomic E-state index is 12.1. The number of ketones is 1. The van der Waals surface area contributed by atoms with E-state index in [1.807, 2.05) is 48.5 Å². The molecule has 19 heavy (non-hydrogen) atoms. The molecule has 0 bridgehead atoms. The van der Waals surface area contributed by atoms with Crippen LogP contribution in [0, 0.1) is 0 Å². The highest BCUT2D eigenvalue weighted by molar-refractivity contribution is 9.10. The van der Waals surface area contributed by atoms with Crippen LogP contribution in [0.2, 0.25) is 0 Å². The quantitative estimate of drug-likeness (QED) is 0.587. The summed E-state index contributed by atoms with van der Waals surface area (Å²) in [6.07, 6.45) is 1.21. The van der Waals surface area contributed by atoms with Crippen LogP contribution in [0.1, 0.15) is 27.9 Å². The lowest BCUT2D eigenvalue weighted by molar-refractivity contribution is 0.0983. The third-order valence-corrected chi connectivity index (χ3v) is 3.70. The average Bonchev–Trinajstić information content (AvgIpc) is 2.45. The van der Waals surface area contributed by atoms with Crippen molar-refractivity contribution in [3.63, 3.8) is 0 Å². The summed E-state index contributed by atoms with van der Waals surface area (Å²) in [5.74, 6) is 0.153. The van der Waals surface area contributed by atoms with Gasteiger partial charge in [-0.3, -0.25) is 4.79 Å². The number of rotatable bonds is 5. The summed E-state index contributed by atoms with van der Waals surface area (Å²) in [6, 6.07) is 15.4. The van der Waals surface area contributed by atoms with Gasteiger partial charge in [0, 0.05) is 21.8 Å². The molecule has 0 aliphatic rings. The standard InChI is InChI=1S/C16H13BrOS/c17-15-7-3-6-13(10-15)16(18)9-8-12-4-1-2-5-14(12)11-19/h1-7,10-11H,8-9H2. The zero-order chi connectivity index (χ0) is 13.7. The molecular weight excluding hydrogens is 320 g/mol. The van der Waals surface area contributed by atoms with E-state index in [1.165, 1.54) is 0 Å². The van der Waals surface area contributed by atoms with E-state index < -0.39 is 0 Å². The van der Waals surface area contributed by atoms with Gasteiger partial charge in [0.15, 0.2) is 5.78 Å². The topological polar surface area (TPSA) is 17.1 Å². The second-order valence-electron chi connectivity index (χ2n) is 4.25. The number of carbonyl (C=O) groups is 1. The molecule has 2 rings (SSSR count). The van der Waals surface area contributed by atoms with Crippen molar-refractivity contribution >= 4 is 39.3 Å². The first-order valence-corrected chi connectivity index (χ1v) is 7.29. The Balaban J connectivity index is 2.06. The SMILES string of the molecule is O=C(CCc1ccccc1C=S)c1cccc(Br)c1.